The first-order chi connectivity index (χ1) is 11.1. The summed E-state index contributed by atoms with van der Waals surface area (Å²) in [6.45, 7) is 1.42. The molecule has 0 spiro atoms. The Hall–Kier alpha value is -2.29. The highest BCUT2D eigenvalue weighted by Crippen LogP contribution is 2.24. The second-order valence-electron chi connectivity index (χ2n) is 5.21. The Kier molecular flexibility index (Phi) is 5.02. The minimum absolute atomic E-state index is 0.00767. The van der Waals surface area contributed by atoms with Gasteiger partial charge in [-0.05, 0) is 18.2 Å². The lowest BCUT2D eigenvalue weighted by molar-refractivity contribution is -0.897. The van der Waals surface area contributed by atoms with E-state index in [2.05, 4.69) is 4.98 Å². The topological polar surface area (TPSA) is 80.4 Å². The van der Waals surface area contributed by atoms with Crippen molar-refractivity contribution in [3.05, 3.63) is 36.7 Å². The van der Waals surface area contributed by atoms with E-state index in [4.69, 9.17) is 4.74 Å². The van der Waals surface area contributed by atoms with Crippen LogP contribution in [0, 0.1) is 0 Å². The fraction of sp³-hybridized carbons (Fsp3) is 0.333. The molecule has 0 amide bonds. The van der Waals surface area contributed by atoms with Gasteiger partial charge in [-0.25, -0.2) is 22.2 Å². The number of sulfone groups is 1. The van der Waals surface area contributed by atoms with Gasteiger partial charge in [0, 0.05) is 17.7 Å². The summed E-state index contributed by atoms with van der Waals surface area (Å²) in [5.74, 6) is -3.01. The molecule has 2 heterocycles. The number of ether oxygens (including phenoxy) is 1. The van der Waals surface area contributed by atoms with Gasteiger partial charge in [0.2, 0.25) is 6.20 Å². The lowest BCUT2D eigenvalue weighted by Crippen LogP contribution is -2.34. The second kappa shape index (κ2) is 6.68. The maximum Gasteiger partial charge on any atom is 0.301 e. The zero-order chi connectivity index (χ0) is 18.0. The molecule has 1 N–H and O–H groups in total. The summed E-state index contributed by atoms with van der Waals surface area (Å²) in [5.41, 5.74) is 0.160. The van der Waals surface area contributed by atoms with Crippen LogP contribution in [-0.4, -0.2) is 36.9 Å². The van der Waals surface area contributed by atoms with E-state index in [0.717, 1.165) is 6.92 Å². The number of hydrogen-bond donors (Lipinski definition) is 1. The average molecular weight is 359 g/mol. The third-order valence-corrected chi connectivity index (χ3v) is 4.88. The molecule has 0 aliphatic carbocycles. The molecule has 2 aromatic rings. The van der Waals surface area contributed by atoms with E-state index in [1.54, 1.807) is 0 Å². The highest BCUT2D eigenvalue weighted by molar-refractivity contribution is 7.91. The maximum atomic E-state index is 12.8. The second-order valence-corrected chi connectivity index (χ2v) is 7.45. The van der Waals surface area contributed by atoms with Gasteiger partial charge in [-0.1, -0.05) is 6.92 Å². The summed E-state index contributed by atoms with van der Waals surface area (Å²) in [5, 5.41) is 9.96. The summed E-state index contributed by atoms with van der Waals surface area (Å²) in [6, 6.07) is 5.53. The van der Waals surface area contributed by atoms with Crippen molar-refractivity contribution in [3.8, 4) is 17.1 Å². The molecule has 0 saturated heterocycles. The van der Waals surface area contributed by atoms with E-state index >= 15 is 0 Å². The van der Waals surface area contributed by atoms with Crippen LogP contribution in [0.5, 0.6) is 5.75 Å². The van der Waals surface area contributed by atoms with Crippen LogP contribution < -0.4 is 9.47 Å². The maximum absolute atomic E-state index is 12.8. The van der Waals surface area contributed by atoms with E-state index in [-0.39, 0.29) is 27.8 Å². The molecule has 2 rings (SSSR count). The van der Waals surface area contributed by atoms with Gasteiger partial charge in [-0.2, -0.15) is 0 Å². The highest BCUT2D eigenvalue weighted by atomic mass is 32.2. The molecule has 0 bridgehead atoms. The Bertz CT molecular complexity index is 818. The number of aromatic nitrogens is 2. The lowest BCUT2D eigenvalue weighted by Gasteiger charge is -2.11. The number of pyridine rings is 2. The monoisotopic (exact) mass is 359 g/mol. The number of rotatable bonds is 6. The highest BCUT2D eigenvalue weighted by Gasteiger charge is 2.28. The van der Waals surface area contributed by atoms with Gasteiger partial charge in [0.1, 0.15) is 16.3 Å². The van der Waals surface area contributed by atoms with Crippen LogP contribution in [0.1, 0.15) is 13.8 Å². The van der Waals surface area contributed by atoms with Crippen LogP contribution in [-0.2, 0) is 9.84 Å². The van der Waals surface area contributed by atoms with Crippen molar-refractivity contribution in [2.75, 3.05) is 12.4 Å². The van der Waals surface area contributed by atoms with Crippen molar-refractivity contribution < 1.29 is 31.9 Å². The van der Waals surface area contributed by atoms with Gasteiger partial charge in [0.15, 0.2) is 16.4 Å². The Morgan fingerprint density at radius 2 is 2.04 bits per heavy atom. The van der Waals surface area contributed by atoms with Gasteiger partial charge in [0.25, 0.3) is 5.92 Å². The first kappa shape index (κ1) is 18.1. The van der Waals surface area contributed by atoms with Crippen molar-refractivity contribution in [2.45, 2.75) is 24.7 Å². The van der Waals surface area contributed by atoms with Crippen LogP contribution in [0.15, 0.2) is 41.6 Å². The fourth-order valence-electron chi connectivity index (χ4n) is 1.94. The molecule has 0 radical (unpaired) electrons. The molecule has 6 nitrogen and oxygen atoms in total. The standard InChI is InChI=1S/C15H17F2N2O4S/c1-3-24(21,22)13-5-4-8-19(20)14(13)12-7-6-11(9-18-12)23-10-15(2,16)17/h4-9,20H,3,10H2,1-2H3/q+1. The van der Waals surface area contributed by atoms with Crippen molar-refractivity contribution in [3.63, 3.8) is 0 Å². The normalized spacial score (nSPS) is 12.2. The molecule has 130 valence electrons. The van der Waals surface area contributed by atoms with Crippen LogP contribution >= 0.6 is 0 Å². The molecule has 0 atom stereocenters. The van der Waals surface area contributed by atoms with E-state index in [1.165, 1.54) is 43.6 Å². The predicted octanol–water partition coefficient (Wildman–Crippen LogP) is 2.10. The molecule has 0 fully saturated rings. The van der Waals surface area contributed by atoms with Gasteiger partial charge in [0.05, 0.1) is 11.9 Å². The number of halogens is 2. The smallest absolute Gasteiger partial charge is 0.301 e. The zero-order valence-corrected chi connectivity index (χ0v) is 13.9. The number of nitrogens with zero attached hydrogens (tertiary/aromatic N) is 2. The Morgan fingerprint density at radius 3 is 2.58 bits per heavy atom. The summed E-state index contributed by atoms with van der Waals surface area (Å²) in [7, 11) is -3.59. The minimum Gasteiger partial charge on any atom is -0.486 e. The molecule has 2 aromatic heterocycles. The van der Waals surface area contributed by atoms with Crippen LogP contribution in [0.3, 0.4) is 0 Å². The molecular weight excluding hydrogens is 342 g/mol. The summed E-state index contributed by atoms with van der Waals surface area (Å²) in [4.78, 5) is 3.93. The van der Waals surface area contributed by atoms with Crippen molar-refractivity contribution >= 4 is 9.84 Å². The van der Waals surface area contributed by atoms with E-state index < -0.39 is 22.4 Å². The van der Waals surface area contributed by atoms with Gasteiger partial charge < -0.3 is 4.74 Å². The Morgan fingerprint density at radius 1 is 1.33 bits per heavy atom. The van der Waals surface area contributed by atoms with Gasteiger partial charge in [-0.3, -0.25) is 5.21 Å². The van der Waals surface area contributed by atoms with Crippen molar-refractivity contribution in [2.24, 2.45) is 0 Å². The first-order valence-electron chi connectivity index (χ1n) is 7.08. The third-order valence-electron chi connectivity index (χ3n) is 3.12. The molecule has 9 heteroatoms. The van der Waals surface area contributed by atoms with Gasteiger partial charge in [-0.15, -0.1) is 0 Å². The average Bonchev–Trinajstić information content (AvgIpc) is 2.52. The molecular formula is C15H17F2N2O4S+. The molecule has 0 aliphatic heterocycles. The third kappa shape index (κ3) is 4.16. The number of hydrogen-bond acceptors (Lipinski definition) is 5. The Labute approximate surface area is 138 Å². The lowest BCUT2D eigenvalue weighted by atomic mass is 10.2. The van der Waals surface area contributed by atoms with Crippen LogP contribution in [0.2, 0.25) is 0 Å². The largest absolute Gasteiger partial charge is 0.486 e. The SMILES string of the molecule is CCS(=O)(=O)c1ccc[n+](O)c1-c1ccc(OCC(C)(F)F)cn1. The quantitative estimate of drug-likeness (QED) is 0.631. The molecule has 0 aromatic carbocycles. The van der Waals surface area contributed by atoms with Crippen LogP contribution in [0.4, 0.5) is 8.78 Å². The summed E-state index contributed by atoms with van der Waals surface area (Å²) in [6.07, 6.45) is 2.46. The first-order valence-corrected chi connectivity index (χ1v) is 8.73. The van der Waals surface area contributed by atoms with Gasteiger partial charge >= 0.3 is 5.69 Å². The molecule has 0 unspecified atom stereocenters. The summed E-state index contributed by atoms with van der Waals surface area (Å²) >= 11 is 0. The van der Waals surface area contributed by atoms with E-state index in [0.29, 0.717) is 4.73 Å². The summed E-state index contributed by atoms with van der Waals surface area (Å²) < 4.78 is 55.5. The van der Waals surface area contributed by atoms with Crippen LogP contribution in [0.25, 0.3) is 11.4 Å². The number of alkyl halides is 2. The molecule has 0 aliphatic rings. The van der Waals surface area contributed by atoms with E-state index in [9.17, 15) is 22.4 Å². The predicted molar refractivity (Wildman–Crippen MR) is 80.9 cm³/mol. The minimum atomic E-state index is -3.59. The molecule has 0 saturated carbocycles. The fourth-order valence-corrected chi connectivity index (χ4v) is 3.03. The Balaban J connectivity index is 2.39. The zero-order valence-electron chi connectivity index (χ0n) is 13.1. The van der Waals surface area contributed by atoms with Crippen molar-refractivity contribution in [1.29, 1.82) is 0 Å². The van der Waals surface area contributed by atoms with E-state index in [1.807, 2.05) is 0 Å². The molecule has 24 heavy (non-hydrogen) atoms. The van der Waals surface area contributed by atoms with Crippen molar-refractivity contribution in [1.82, 2.24) is 4.98 Å².